The van der Waals surface area contributed by atoms with Crippen molar-refractivity contribution < 1.29 is 9.90 Å². The summed E-state index contributed by atoms with van der Waals surface area (Å²) in [6.45, 7) is 5.90. The van der Waals surface area contributed by atoms with Crippen LogP contribution in [0.15, 0.2) is 0 Å². The Balaban J connectivity index is 2.01. The highest BCUT2D eigenvalue weighted by molar-refractivity contribution is 7.11. The first-order chi connectivity index (χ1) is 8.49. The third-order valence-electron chi connectivity index (χ3n) is 3.51. The number of aliphatic hydroxyl groups is 1. The van der Waals surface area contributed by atoms with Crippen molar-refractivity contribution in [3.05, 3.63) is 15.6 Å². The van der Waals surface area contributed by atoms with E-state index in [4.69, 9.17) is 0 Å². The monoisotopic (exact) mass is 268 g/mol. The zero-order chi connectivity index (χ0) is 13.3. The molecule has 0 bridgehead atoms. The number of hydrogen-bond acceptors (Lipinski definition) is 4. The van der Waals surface area contributed by atoms with Crippen molar-refractivity contribution in [3.8, 4) is 0 Å². The van der Waals surface area contributed by atoms with Gasteiger partial charge in [-0.2, -0.15) is 0 Å². The van der Waals surface area contributed by atoms with E-state index in [0.29, 0.717) is 0 Å². The van der Waals surface area contributed by atoms with Crippen molar-refractivity contribution >= 4 is 17.2 Å². The average Bonchev–Trinajstić information content (AvgIpc) is 2.84. The predicted octanol–water partition coefficient (Wildman–Crippen LogP) is 2.10. The van der Waals surface area contributed by atoms with Gasteiger partial charge in [0.1, 0.15) is 0 Å². The molecule has 1 saturated carbocycles. The fraction of sp³-hybridized carbons (Fsp3) is 0.692. The molecule has 3 unspecified atom stereocenters. The number of carbonyl (C=O) groups excluding carboxylic acids is 1. The number of thiazole rings is 1. The maximum absolute atomic E-state index is 12.1. The lowest BCUT2D eigenvalue weighted by atomic mass is 10.0. The lowest BCUT2D eigenvalue weighted by molar-refractivity contribution is -0.128. The Hall–Kier alpha value is -0.940. The van der Waals surface area contributed by atoms with E-state index in [1.807, 2.05) is 20.8 Å². The van der Waals surface area contributed by atoms with Gasteiger partial charge in [0.2, 0.25) is 5.91 Å². The summed E-state index contributed by atoms with van der Waals surface area (Å²) >= 11 is 1.62. The highest BCUT2D eigenvalue weighted by Crippen LogP contribution is 2.28. The van der Waals surface area contributed by atoms with Crippen LogP contribution in [0.4, 0.5) is 0 Å². The van der Waals surface area contributed by atoms with E-state index in [1.165, 1.54) is 0 Å². The fourth-order valence-corrected chi connectivity index (χ4v) is 3.51. The number of hydrogen-bond donors (Lipinski definition) is 2. The summed E-state index contributed by atoms with van der Waals surface area (Å²) < 4.78 is 0. The van der Waals surface area contributed by atoms with E-state index in [0.717, 1.165) is 34.8 Å². The minimum atomic E-state index is -0.471. The van der Waals surface area contributed by atoms with Gasteiger partial charge in [-0.15, -0.1) is 11.3 Å². The van der Waals surface area contributed by atoms with Gasteiger partial charge < -0.3 is 10.4 Å². The van der Waals surface area contributed by atoms with E-state index < -0.39 is 6.10 Å². The molecule has 1 aliphatic carbocycles. The van der Waals surface area contributed by atoms with Gasteiger partial charge >= 0.3 is 0 Å². The lowest BCUT2D eigenvalue weighted by Gasteiger charge is -2.18. The van der Waals surface area contributed by atoms with Gasteiger partial charge in [-0.05, 0) is 40.0 Å². The molecule has 4 nitrogen and oxygen atoms in total. The molecule has 2 rings (SSSR count). The van der Waals surface area contributed by atoms with Crippen LogP contribution in [0.3, 0.4) is 0 Å². The first-order valence-corrected chi connectivity index (χ1v) is 7.23. The van der Waals surface area contributed by atoms with Gasteiger partial charge in [-0.1, -0.05) is 0 Å². The summed E-state index contributed by atoms with van der Waals surface area (Å²) in [6, 6.07) is -0.0310. The third-order valence-corrected chi connectivity index (χ3v) is 4.76. The molecular weight excluding hydrogens is 248 g/mol. The molecule has 5 heteroatoms. The summed E-state index contributed by atoms with van der Waals surface area (Å²) in [5, 5.41) is 13.7. The molecule has 1 aromatic rings. The number of rotatable bonds is 3. The van der Waals surface area contributed by atoms with Crippen LogP contribution in [0.5, 0.6) is 0 Å². The van der Waals surface area contributed by atoms with Crippen LogP contribution in [0.1, 0.15) is 47.8 Å². The topological polar surface area (TPSA) is 62.2 Å². The zero-order valence-electron chi connectivity index (χ0n) is 11.1. The molecule has 100 valence electrons. The Morgan fingerprint density at radius 3 is 2.72 bits per heavy atom. The van der Waals surface area contributed by atoms with Crippen LogP contribution >= 0.6 is 11.3 Å². The van der Waals surface area contributed by atoms with Gasteiger partial charge in [0.15, 0.2) is 0 Å². The van der Waals surface area contributed by atoms with Crippen LogP contribution in [-0.2, 0) is 4.79 Å². The number of aromatic nitrogens is 1. The number of amides is 1. The number of carbonyl (C=O) groups is 1. The summed E-state index contributed by atoms with van der Waals surface area (Å²) in [5.41, 5.74) is 0.984. The Morgan fingerprint density at radius 2 is 2.22 bits per heavy atom. The molecule has 2 N–H and O–H groups in total. The second-order valence-electron chi connectivity index (χ2n) is 5.02. The average molecular weight is 268 g/mol. The van der Waals surface area contributed by atoms with Gasteiger partial charge in [-0.3, -0.25) is 4.79 Å². The molecule has 1 heterocycles. The third kappa shape index (κ3) is 2.72. The molecule has 0 spiro atoms. The van der Waals surface area contributed by atoms with Crippen molar-refractivity contribution in [2.45, 2.75) is 52.2 Å². The molecule has 0 aliphatic heterocycles. The molecule has 0 radical (unpaired) electrons. The molecule has 0 saturated heterocycles. The van der Waals surface area contributed by atoms with Crippen molar-refractivity contribution in [3.63, 3.8) is 0 Å². The number of nitrogens with one attached hydrogen (secondary N) is 1. The van der Waals surface area contributed by atoms with E-state index >= 15 is 0 Å². The van der Waals surface area contributed by atoms with E-state index in [2.05, 4.69) is 10.3 Å². The zero-order valence-corrected chi connectivity index (χ0v) is 11.9. The first-order valence-electron chi connectivity index (χ1n) is 6.41. The van der Waals surface area contributed by atoms with Crippen molar-refractivity contribution in [2.24, 2.45) is 5.92 Å². The first kappa shape index (κ1) is 13.5. The SMILES string of the molecule is Cc1nc(C)c(C(C)NC(=O)C2CCCC2O)s1. The van der Waals surface area contributed by atoms with Gasteiger partial charge in [-0.25, -0.2) is 4.98 Å². The normalized spacial score (nSPS) is 25.1. The molecule has 0 aromatic carbocycles. The molecule has 3 atom stereocenters. The van der Waals surface area contributed by atoms with Crippen LogP contribution in [0.2, 0.25) is 0 Å². The summed E-state index contributed by atoms with van der Waals surface area (Å²) in [4.78, 5) is 17.5. The smallest absolute Gasteiger partial charge is 0.226 e. The Bertz CT molecular complexity index is 444. The van der Waals surface area contributed by atoms with Crippen LogP contribution in [0, 0.1) is 19.8 Å². The van der Waals surface area contributed by atoms with Crippen molar-refractivity contribution in [2.75, 3.05) is 0 Å². The van der Waals surface area contributed by atoms with Gasteiger partial charge in [0, 0.05) is 4.88 Å². The summed E-state index contributed by atoms with van der Waals surface area (Å²) in [5.74, 6) is -0.264. The second kappa shape index (κ2) is 5.36. The van der Waals surface area contributed by atoms with E-state index in [9.17, 15) is 9.90 Å². The standard InChI is InChI=1S/C13H20N2O2S/c1-7-12(18-9(3)14-7)8(2)15-13(17)10-5-4-6-11(10)16/h8,10-11,16H,4-6H2,1-3H3,(H,15,17). The Labute approximate surface area is 111 Å². The Morgan fingerprint density at radius 1 is 1.50 bits per heavy atom. The summed E-state index contributed by atoms with van der Waals surface area (Å²) in [7, 11) is 0. The van der Waals surface area contributed by atoms with Crippen molar-refractivity contribution in [1.82, 2.24) is 10.3 Å². The summed E-state index contributed by atoms with van der Waals surface area (Å²) in [6.07, 6.45) is 2.00. The molecule has 1 amide bonds. The Kier molecular flexibility index (Phi) is 4.02. The largest absolute Gasteiger partial charge is 0.392 e. The second-order valence-corrected chi connectivity index (χ2v) is 6.25. The van der Waals surface area contributed by atoms with Gasteiger partial charge in [0.25, 0.3) is 0 Å². The van der Waals surface area contributed by atoms with E-state index in [1.54, 1.807) is 11.3 Å². The van der Waals surface area contributed by atoms with E-state index in [-0.39, 0.29) is 17.9 Å². The van der Waals surface area contributed by atoms with Crippen LogP contribution in [-0.4, -0.2) is 22.1 Å². The maximum Gasteiger partial charge on any atom is 0.226 e. The molecule has 1 aromatic heterocycles. The minimum Gasteiger partial charge on any atom is -0.392 e. The number of nitrogens with zero attached hydrogens (tertiary/aromatic N) is 1. The maximum atomic E-state index is 12.1. The van der Waals surface area contributed by atoms with Crippen LogP contribution in [0.25, 0.3) is 0 Å². The lowest BCUT2D eigenvalue weighted by Crippen LogP contribution is -2.36. The molecular formula is C13H20N2O2S. The predicted molar refractivity (Wildman–Crippen MR) is 71.5 cm³/mol. The number of aliphatic hydroxyl groups excluding tert-OH is 1. The number of aryl methyl sites for hydroxylation is 2. The highest BCUT2D eigenvalue weighted by Gasteiger charge is 2.32. The van der Waals surface area contributed by atoms with Crippen molar-refractivity contribution in [1.29, 1.82) is 0 Å². The fourth-order valence-electron chi connectivity index (χ4n) is 2.58. The highest BCUT2D eigenvalue weighted by atomic mass is 32.1. The van der Waals surface area contributed by atoms with Crippen LogP contribution < -0.4 is 5.32 Å². The minimum absolute atomic E-state index is 0.0297. The quantitative estimate of drug-likeness (QED) is 0.882. The molecule has 1 fully saturated rings. The van der Waals surface area contributed by atoms with Gasteiger partial charge in [0.05, 0.1) is 28.8 Å². The molecule has 1 aliphatic rings. The molecule has 18 heavy (non-hydrogen) atoms.